The van der Waals surface area contributed by atoms with Gasteiger partial charge >= 0.3 is 6.09 Å². The van der Waals surface area contributed by atoms with Crippen molar-refractivity contribution in [2.45, 2.75) is 90.1 Å². The molecule has 0 radical (unpaired) electrons. The Hall–Kier alpha value is -2.70. The summed E-state index contributed by atoms with van der Waals surface area (Å²) < 4.78 is 19.8. The number of nitrogens with one attached hydrogen (secondary N) is 2. The van der Waals surface area contributed by atoms with Gasteiger partial charge in [-0.3, -0.25) is 4.98 Å². The molecule has 3 heterocycles. The molecule has 2 fully saturated rings. The Morgan fingerprint density at radius 3 is 2.60 bits per heavy atom. The predicted octanol–water partition coefficient (Wildman–Crippen LogP) is 6.66. The molecule has 230 valence electrons. The Morgan fingerprint density at radius 1 is 1.29 bits per heavy atom. The van der Waals surface area contributed by atoms with Crippen LogP contribution in [0.4, 0.5) is 26.2 Å². The number of nitrogen functional groups attached to an aromatic ring is 1. The number of carbonyl (C=O) groups excluding carboxylic acids is 1. The van der Waals surface area contributed by atoms with Crippen LogP contribution in [0, 0.1) is 11.7 Å². The van der Waals surface area contributed by atoms with Gasteiger partial charge in [0.1, 0.15) is 15.9 Å². The lowest BCUT2D eigenvalue weighted by Gasteiger charge is -2.45. The lowest BCUT2D eigenvalue weighted by atomic mass is 9.84. The van der Waals surface area contributed by atoms with Crippen molar-refractivity contribution in [3.05, 3.63) is 46.2 Å². The number of allylic oxidation sites excluding steroid dienone is 1. The summed E-state index contributed by atoms with van der Waals surface area (Å²) in [6.45, 7) is 15.1. The monoisotopic (exact) mass is 662 g/mol. The molecule has 1 aliphatic carbocycles. The number of alkyl carbamates (subject to hydrolysis) is 1. The first kappa shape index (κ1) is 32.2. The highest BCUT2D eigenvalue weighted by molar-refractivity contribution is 9.10. The van der Waals surface area contributed by atoms with Gasteiger partial charge in [-0.05, 0) is 98.1 Å². The predicted molar refractivity (Wildman–Crippen MR) is 172 cm³/mol. The summed E-state index contributed by atoms with van der Waals surface area (Å²) in [4.78, 5) is 35.0. The molecule has 1 saturated carbocycles. The molecule has 0 aromatic carbocycles. The van der Waals surface area contributed by atoms with Crippen molar-refractivity contribution < 1.29 is 18.7 Å². The number of anilines is 3. The quantitative estimate of drug-likeness (QED) is 0.183. The lowest BCUT2D eigenvalue weighted by Crippen LogP contribution is -2.55. The van der Waals surface area contributed by atoms with E-state index in [9.17, 15) is 14.0 Å². The standard InChI is InChI=1S/C30H44BrFN6O3Si/c1-29(2,3)41-28(39)36-23-17-38(13-11-19(23)15-30(4,5)42(6,7)40)24-10-12-34-16-22(24)35-25(18-8-9-18)26-21(33)14-20(32)27(31)37-26/h10,12,14,16,19,23,35,40H,8-9,11,13,15,17,33H2,1-7H3,(H,36,39)/t19-,23+/m0/s1. The first-order chi connectivity index (χ1) is 19.4. The summed E-state index contributed by atoms with van der Waals surface area (Å²) >= 11 is 3.19. The number of ether oxygens (including phenoxy) is 1. The van der Waals surface area contributed by atoms with Gasteiger partial charge in [-0.25, -0.2) is 14.2 Å². The molecule has 0 spiro atoms. The number of pyridine rings is 2. The summed E-state index contributed by atoms with van der Waals surface area (Å²) in [7, 11) is -2.46. The number of hydrogen-bond acceptors (Lipinski definition) is 8. The van der Waals surface area contributed by atoms with E-state index in [1.165, 1.54) is 6.07 Å². The van der Waals surface area contributed by atoms with Crippen LogP contribution in [0.5, 0.6) is 0 Å². The Balaban J connectivity index is 1.62. The van der Waals surface area contributed by atoms with Gasteiger partial charge in [0, 0.05) is 25.4 Å². The minimum atomic E-state index is -2.46. The first-order valence-electron chi connectivity index (χ1n) is 14.5. The minimum absolute atomic E-state index is 0.105. The van der Waals surface area contributed by atoms with E-state index in [1.54, 1.807) is 12.4 Å². The molecule has 12 heteroatoms. The highest BCUT2D eigenvalue weighted by atomic mass is 79.9. The van der Waals surface area contributed by atoms with E-state index in [0.29, 0.717) is 12.2 Å². The second-order valence-corrected chi connectivity index (χ2v) is 18.8. The fourth-order valence-electron chi connectivity index (χ4n) is 5.19. The number of carbonyl (C=O) groups is 1. The van der Waals surface area contributed by atoms with Crippen molar-refractivity contribution in [3.63, 3.8) is 0 Å². The van der Waals surface area contributed by atoms with Crippen LogP contribution in [-0.2, 0) is 4.74 Å². The number of piperidine rings is 1. The number of halogens is 2. The molecule has 5 N–H and O–H groups in total. The molecule has 1 saturated heterocycles. The molecule has 1 amide bonds. The zero-order valence-corrected chi connectivity index (χ0v) is 28.2. The zero-order chi connectivity index (χ0) is 31.0. The maximum Gasteiger partial charge on any atom is 0.407 e. The van der Waals surface area contributed by atoms with Crippen molar-refractivity contribution in [3.8, 4) is 0 Å². The molecule has 2 aliphatic rings. The molecule has 9 nitrogen and oxygen atoms in total. The Kier molecular flexibility index (Phi) is 9.30. The summed E-state index contributed by atoms with van der Waals surface area (Å²) in [5.41, 5.74) is 9.95. The number of hydrogen-bond donors (Lipinski definition) is 4. The SMILES string of the molecule is CC(C)(C)OC(=O)N[C@@H]1CN(c2ccncc2NC(=C2CC2)c2nc(Br)c(F)cc2N)CC[C@H]1CC(C)(C)[Si](C)(C)O. The molecule has 0 unspecified atom stereocenters. The summed E-state index contributed by atoms with van der Waals surface area (Å²) in [5, 5.41) is 6.43. The summed E-state index contributed by atoms with van der Waals surface area (Å²) in [6.07, 6.45) is 6.48. The fourth-order valence-corrected chi connectivity index (χ4v) is 6.25. The molecular formula is C30H44BrFN6O3Si. The van der Waals surface area contributed by atoms with Gasteiger partial charge in [-0.1, -0.05) is 13.8 Å². The average Bonchev–Trinajstić information content (AvgIpc) is 3.70. The van der Waals surface area contributed by atoms with E-state index < -0.39 is 25.8 Å². The van der Waals surface area contributed by atoms with Crippen molar-refractivity contribution in [2.75, 3.05) is 29.0 Å². The number of nitrogens with two attached hydrogens (primary N) is 1. The first-order valence-corrected chi connectivity index (χ1v) is 18.2. The zero-order valence-electron chi connectivity index (χ0n) is 25.6. The van der Waals surface area contributed by atoms with E-state index in [4.69, 9.17) is 10.5 Å². The molecule has 1 aliphatic heterocycles. The smallest absolute Gasteiger partial charge is 0.407 e. The van der Waals surface area contributed by atoms with Crippen LogP contribution < -0.4 is 21.3 Å². The van der Waals surface area contributed by atoms with Crippen LogP contribution in [0.3, 0.4) is 0 Å². The Bertz CT molecular complexity index is 1350. The van der Waals surface area contributed by atoms with Gasteiger partial charge in [0.25, 0.3) is 0 Å². The van der Waals surface area contributed by atoms with Crippen LogP contribution in [0.25, 0.3) is 5.70 Å². The second-order valence-electron chi connectivity index (χ2n) is 13.6. The third-order valence-electron chi connectivity index (χ3n) is 8.34. The molecule has 2 atom stereocenters. The van der Waals surface area contributed by atoms with Gasteiger partial charge < -0.3 is 30.8 Å². The highest BCUT2D eigenvalue weighted by Crippen LogP contribution is 2.45. The van der Waals surface area contributed by atoms with Crippen molar-refractivity contribution >= 4 is 53.1 Å². The van der Waals surface area contributed by atoms with Crippen LogP contribution in [-0.4, -0.2) is 53.9 Å². The minimum Gasteiger partial charge on any atom is -0.444 e. The average molecular weight is 664 g/mol. The van der Waals surface area contributed by atoms with E-state index in [-0.39, 0.29) is 27.3 Å². The third-order valence-corrected chi connectivity index (χ3v) is 12.4. The molecule has 4 rings (SSSR count). The van der Waals surface area contributed by atoms with E-state index in [0.717, 1.165) is 54.9 Å². The Labute approximate surface area is 257 Å². The Morgan fingerprint density at radius 2 is 1.98 bits per heavy atom. The van der Waals surface area contributed by atoms with Gasteiger partial charge in [0.15, 0.2) is 14.1 Å². The highest BCUT2D eigenvalue weighted by Gasteiger charge is 2.43. The normalized spacial score (nSPS) is 19.4. The van der Waals surface area contributed by atoms with Gasteiger partial charge in [0.05, 0.1) is 35.0 Å². The molecule has 0 bridgehead atoms. The number of amides is 1. The third kappa shape index (κ3) is 7.81. The number of aromatic nitrogens is 2. The second kappa shape index (κ2) is 12.1. The van der Waals surface area contributed by atoms with Gasteiger partial charge in [0.2, 0.25) is 0 Å². The summed E-state index contributed by atoms with van der Waals surface area (Å²) in [5.74, 6) is -0.356. The van der Waals surface area contributed by atoms with Crippen molar-refractivity contribution in [2.24, 2.45) is 5.92 Å². The van der Waals surface area contributed by atoms with Crippen molar-refractivity contribution in [1.29, 1.82) is 0 Å². The maximum atomic E-state index is 14.1. The van der Waals surface area contributed by atoms with Gasteiger partial charge in [-0.15, -0.1) is 0 Å². The molecule has 2 aromatic rings. The summed E-state index contributed by atoms with van der Waals surface area (Å²) in [6, 6.07) is 3.03. The topological polar surface area (TPSA) is 126 Å². The molecule has 2 aromatic heterocycles. The number of nitrogens with zero attached hydrogens (tertiary/aromatic N) is 3. The maximum absolute atomic E-state index is 14.1. The van der Waals surface area contributed by atoms with Crippen LogP contribution in [0.1, 0.15) is 66.0 Å². The lowest BCUT2D eigenvalue weighted by molar-refractivity contribution is 0.0475. The molecule has 42 heavy (non-hydrogen) atoms. The van der Waals surface area contributed by atoms with Gasteiger partial charge in [-0.2, -0.15) is 0 Å². The largest absolute Gasteiger partial charge is 0.444 e. The number of rotatable bonds is 8. The van der Waals surface area contributed by atoms with E-state index in [2.05, 4.69) is 55.3 Å². The molecular weight excluding hydrogens is 619 g/mol. The van der Waals surface area contributed by atoms with E-state index in [1.807, 2.05) is 39.9 Å². The van der Waals surface area contributed by atoms with Crippen LogP contribution in [0.2, 0.25) is 18.1 Å². The fraction of sp³-hybridized carbons (Fsp3) is 0.567. The van der Waals surface area contributed by atoms with Crippen molar-refractivity contribution in [1.82, 2.24) is 15.3 Å². The van der Waals surface area contributed by atoms with Crippen LogP contribution >= 0.6 is 15.9 Å². The van der Waals surface area contributed by atoms with Crippen LogP contribution in [0.15, 0.2) is 34.7 Å². The van der Waals surface area contributed by atoms with E-state index >= 15 is 0 Å².